The van der Waals surface area contributed by atoms with E-state index < -0.39 is 0 Å². The van der Waals surface area contributed by atoms with Crippen LogP contribution in [-0.4, -0.2) is 11.1 Å². The van der Waals surface area contributed by atoms with E-state index in [0.29, 0.717) is 22.3 Å². The molecule has 4 heteroatoms. The highest BCUT2D eigenvalue weighted by atomic mass is 79.9. The lowest BCUT2D eigenvalue weighted by Crippen LogP contribution is -1.96. The standard InChI is InChI=1S/C9H7BrN2O/c1-11-9-7(13-6-2-3-6)4-5-8(10)12-9/h4-6H,2-3H2. The zero-order valence-electron chi connectivity index (χ0n) is 6.83. The largest absolute Gasteiger partial charge is 0.500 e. The monoisotopic (exact) mass is 238 g/mol. The van der Waals surface area contributed by atoms with E-state index in [1.54, 1.807) is 12.1 Å². The van der Waals surface area contributed by atoms with Gasteiger partial charge in [-0.2, -0.15) is 0 Å². The van der Waals surface area contributed by atoms with Gasteiger partial charge in [0.25, 0.3) is 0 Å². The molecule has 0 saturated heterocycles. The number of rotatable bonds is 2. The number of pyridine rings is 1. The van der Waals surface area contributed by atoms with Crippen LogP contribution in [0.15, 0.2) is 16.7 Å². The molecule has 1 fully saturated rings. The Morgan fingerprint density at radius 3 is 2.92 bits per heavy atom. The van der Waals surface area contributed by atoms with E-state index in [2.05, 4.69) is 25.8 Å². The van der Waals surface area contributed by atoms with Gasteiger partial charge in [0.15, 0.2) is 4.60 Å². The summed E-state index contributed by atoms with van der Waals surface area (Å²) in [4.78, 5) is 7.31. The molecular weight excluding hydrogens is 232 g/mol. The molecule has 0 radical (unpaired) electrons. The highest BCUT2D eigenvalue weighted by molar-refractivity contribution is 9.10. The smallest absolute Gasteiger partial charge is 0.313 e. The molecule has 0 spiro atoms. The van der Waals surface area contributed by atoms with E-state index >= 15 is 0 Å². The van der Waals surface area contributed by atoms with Crippen LogP contribution in [0.2, 0.25) is 0 Å². The molecule has 0 unspecified atom stereocenters. The van der Waals surface area contributed by atoms with E-state index in [0.717, 1.165) is 12.8 Å². The van der Waals surface area contributed by atoms with Crippen molar-refractivity contribution in [2.24, 2.45) is 0 Å². The number of halogens is 1. The van der Waals surface area contributed by atoms with Crippen LogP contribution in [0.4, 0.5) is 5.82 Å². The van der Waals surface area contributed by atoms with Gasteiger partial charge < -0.3 is 9.58 Å². The van der Waals surface area contributed by atoms with Crippen LogP contribution in [0.3, 0.4) is 0 Å². The molecule has 0 bridgehead atoms. The molecule has 2 rings (SSSR count). The molecule has 0 N–H and O–H groups in total. The Balaban J connectivity index is 2.27. The van der Waals surface area contributed by atoms with Crippen molar-refractivity contribution in [1.29, 1.82) is 0 Å². The molecule has 0 amide bonds. The van der Waals surface area contributed by atoms with Crippen LogP contribution < -0.4 is 4.74 Å². The predicted molar refractivity (Wildman–Crippen MR) is 51.8 cm³/mol. The fourth-order valence-corrected chi connectivity index (χ4v) is 1.25. The van der Waals surface area contributed by atoms with Crippen molar-refractivity contribution < 1.29 is 4.74 Å². The highest BCUT2D eigenvalue weighted by Gasteiger charge is 2.24. The molecule has 66 valence electrons. The summed E-state index contributed by atoms with van der Waals surface area (Å²) in [5.74, 6) is 0.932. The lowest BCUT2D eigenvalue weighted by Gasteiger charge is -2.04. The summed E-state index contributed by atoms with van der Waals surface area (Å²) in [5.41, 5.74) is 0. The Hall–Kier alpha value is -1.08. The average Bonchev–Trinajstić information content (AvgIpc) is 2.92. The zero-order chi connectivity index (χ0) is 9.26. The van der Waals surface area contributed by atoms with Gasteiger partial charge in [-0.15, -0.1) is 4.98 Å². The normalized spacial score (nSPS) is 15.1. The molecule has 1 aliphatic rings. The van der Waals surface area contributed by atoms with Crippen molar-refractivity contribution in [3.05, 3.63) is 28.2 Å². The van der Waals surface area contributed by atoms with Gasteiger partial charge in [0.1, 0.15) is 5.75 Å². The Morgan fingerprint density at radius 2 is 2.31 bits per heavy atom. The van der Waals surface area contributed by atoms with E-state index in [1.165, 1.54) is 0 Å². The summed E-state index contributed by atoms with van der Waals surface area (Å²) in [6.45, 7) is 6.91. The quantitative estimate of drug-likeness (QED) is 0.585. The van der Waals surface area contributed by atoms with Crippen LogP contribution in [0.1, 0.15) is 12.8 Å². The fraction of sp³-hybridized carbons (Fsp3) is 0.333. The minimum absolute atomic E-state index is 0.309. The van der Waals surface area contributed by atoms with Gasteiger partial charge in [0.05, 0.1) is 6.10 Å². The molecular formula is C9H7BrN2O. The lowest BCUT2D eigenvalue weighted by atomic mass is 10.4. The topological polar surface area (TPSA) is 26.5 Å². The van der Waals surface area contributed by atoms with Crippen molar-refractivity contribution in [3.63, 3.8) is 0 Å². The van der Waals surface area contributed by atoms with E-state index in [1.807, 2.05) is 0 Å². The summed E-state index contributed by atoms with van der Waals surface area (Å²) < 4.78 is 6.17. The van der Waals surface area contributed by atoms with Gasteiger partial charge in [-0.1, -0.05) is 6.57 Å². The van der Waals surface area contributed by atoms with Gasteiger partial charge in [0, 0.05) is 0 Å². The molecule has 13 heavy (non-hydrogen) atoms. The van der Waals surface area contributed by atoms with E-state index in [9.17, 15) is 0 Å². The van der Waals surface area contributed by atoms with Crippen molar-refractivity contribution in [3.8, 4) is 5.75 Å². The minimum atomic E-state index is 0.309. The minimum Gasteiger partial charge on any atom is -0.500 e. The number of hydrogen-bond acceptors (Lipinski definition) is 2. The first-order valence-corrected chi connectivity index (χ1v) is 4.79. The molecule has 0 atom stereocenters. The second-order valence-corrected chi connectivity index (χ2v) is 3.70. The molecule has 1 aromatic heterocycles. The first kappa shape index (κ1) is 8.52. The zero-order valence-corrected chi connectivity index (χ0v) is 8.41. The number of aromatic nitrogens is 1. The Labute approximate surface area is 84.7 Å². The molecule has 1 saturated carbocycles. The summed E-state index contributed by atoms with van der Waals surface area (Å²) in [5, 5.41) is 0. The molecule has 1 aliphatic carbocycles. The van der Waals surface area contributed by atoms with Crippen LogP contribution >= 0.6 is 15.9 Å². The van der Waals surface area contributed by atoms with Gasteiger partial charge in [-0.25, -0.2) is 0 Å². The molecule has 1 heterocycles. The van der Waals surface area contributed by atoms with Gasteiger partial charge >= 0.3 is 5.82 Å². The maximum atomic E-state index is 6.91. The van der Waals surface area contributed by atoms with Crippen LogP contribution in [-0.2, 0) is 0 Å². The van der Waals surface area contributed by atoms with E-state index in [4.69, 9.17) is 11.3 Å². The first-order valence-electron chi connectivity index (χ1n) is 4.00. The average molecular weight is 239 g/mol. The molecule has 0 aliphatic heterocycles. The first-order chi connectivity index (χ1) is 6.29. The fourth-order valence-electron chi connectivity index (χ4n) is 0.950. The third kappa shape index (κ3) is 1.99. The van der Waals surface area contributed by atoms with Crippen LogP contribution in [0, 0.1) is 6.57 Å². The van der Waals surface area contributed by atoms with Crippen LogP contribution in [0.5, 0.6) is 5.75 Å². The highest BCUT2D eigenvalue weighted by Crippen LogP contribution is 2.33. The van der Waals surface area contributed by atoms with Crippen molar-refractivity contribution in [2.75, 3.05) is 0 Å². The number of ether oxygens (including phenoxy) is 1. The SMILES string of the molecule is [C-]#[N+]c1nc(Br)ccc1OC1CC1. The maximum Gasteiger partial charge on any atom is 0.313 e. The second kappa shape index (κ2) is 3.35. The summed E-state index contributed by atoms with van der Waals surface area (Å²) in [6.07, 6.45) is 2.49. The summed E-state index contributed by atoms with van der Waals surface area (Å²) >= 11 is 3.21. The van der Waals surface area contributed by atoms with Crippen molar-refractivity contribution in [1.82, 2.24) is 4.98 Å². The molecule has 1 aromatic rings. The third-order valence-corrected chi connectivity index (χ3v) is 2.17. The van der Waals surface area contributed by atoms with Crippen LogP contribution in [0.25, 0.3) is 4.85 Å². The second-order valence-electron chi connectivity index (χ2n) is 2.88. The van der Waals surface area contributed by atoms with Crippen molar-refractivity contribution >= 4 is 21.7 Å². The van der Waals surface area contributed by atoms with Gasteiger partial charge in [-0.3, -0.25) is 0 Å². The predicted octanol–water partition coefficient (Wildman–Crippen LogP) is 2.94. The number of nitrogens with zero attached hydrogens (tertiary/aromatic N) is 2. The molecule has 3 nitrogen and oxygen atoms in total. The summed E-state index contributed by atoms with van der Waals surface area (Å²) in [7, 11) is 0. The third-order valence-electron chi connectivity index (χ3n) is 1.73. The van der Waals surface area contributed by atoms with Gasteiger partial charge in [0.2, 0.25) is 0 Å². The lowest BCUT2D eigenvalue weighted by molar-refractivity contribution is 0.304. The van der Waals surface area contributed by atoms with E-state index in [-0.39, 0.29) is 0 Å². The Morgan fingerprint density at radius 1 is 1.54 bits per heavy atom. The Kier molecular flexibility index (Phi) is 2.19. The molecule has 0 aromatic carbocycles. The number of hydrogen-bond donors (Lipinski definition) is 0. The maximum absolute atomic E-state index is 6.91. The van der Waals surface area contributed by atoms with Crippen molar-refractivity contribution in [2.45, 2.75) is 18.9 Å². The summed E-state index contributed by atoms with van der Waals surface area (Å²) in [6, 6.07) is 3.56. The van der Waals surface area contributed by atoms with Gasteiger partial charge in [-0.05, 0) is 40.9 Å². The Bertz CT molecular complexity index is 368.